The van der Waals surface area contributed by atoms with Crippen LogP contribution in [0, 0.1) is 0 Å². The van der Waals surface area contributed by atoms with Crippen LogP contribution >= 0.6 is 0 Å². The summed E-state index contributed by atoms with van der Waals surface area (Å²) in [5.74, 6) is 0. The van der Waals surface area contributed by atoms with Crippen LogP contribution in [0.15, 0.2) is 48.5 Å². The number of nitrogens with two attached hydrogens (primary N) is 2. The minimum atomic E-state index is -0.369. The van der Waals surface area contributed by atoms with Crippen molar-refractivity contribution >= 4 is 36.5 Å². The van der Waals surface area contributed by atoms with Gasteiger partial charge in [0.05, 0.1) is 22.4 Å². The first kappa shape index (κ1) is 24.6. The zero-order valence-corrected chi connectivity index (χ0v) is 20.6. The number of rotatable bonds is 2. The third kappa shape index (κ3) is 4.69. The van der Waals surface area contributed by atoms with Crippen molar-refractivity contribution in [1.29, 1.82) is 0 Å². The zero-order chi connectivity index (χ0) is 23.9. The summed E-state index contributed by atoms with van der Waals surface area (Å²) in [7, 11) is -0.739. The van der Waals surface area contributed by atoms with Gasteiger partial charge < -0.3 is 30.1 Å². The first-order valence-corrected chi connectivity index (χ1v) is 11.1. The van der Waals surface area contributed by atoms with Crippen LogP contribution in [0.3, 0.4) is 0 Å². The number of anilines is 2. The van der Waals surface area contributed by atoms with Gasteiger partial charge in [-0.2, -0.15) is 0 Å². The summed E-state index contributed by atoms with van der Waals surface area (Å²) >= 11 is 0. The van der Waals surface area contributed by atoms with Gasteiger partial charge in [-0.3, -0.25) is 0 Å². The summed E-state index contributed by atoms with van der Waals surface area (Å²) in [6.45, 7) is 16.3. The zero-order valence-electron chi connectivity index (χ0n) is 20.6. The SMILES string of the molecule is CC1(C)OB(c2ccccc2N)OC1(C)C.CC1(C)OB(c2ccccc2N)OC1(C)C. The highest BCUT2D eigenvalue weighted by Crippen LogP contribution is 2.37. The van der Waals surface area contributed by atoms with E-state index in [-0.39, 0.29) is 36.6 Å². The lowest BCUT2D eigenvalue weighted by Gasteiger charge is -2.32. The molecule has 0 radical (unpaired) electrons. The summed E-state index contributed by atoms with van der Waals surface area (Å²) < 4.78 is 23.7. The van der Waals surface area contributed by atoms with Gasteiger partial charge in [0.2, 0.25) is 0 Å². The smallest absolute Gasteiger partial charge is 0.399 e. The standard InChI is InChI=1S/2C12H18BNO2/c2*1-11(2)12(3,4)16-13(15-11)9-7-5-6-8-10(9)14/h2*5-8H,14H2,1-4H3. The van der Waals surface area contributed by atoms with Crippen molar-refractivity contribution in [3.8, 4) is 0 Å². The Morgan fingerprint density at radius 2 is 0.750 bits per heavy atom. The maximum atomic E-state index is 5.93. The summed E-state index contributed by atoms with van der Waals surface area (Å²) in [5, 5.41) is 0. The van der Waals surface area contributed by atoms with Crippen LogP contribution in [0.1, 0.15) is 55.4 Å². The topological polar surface area (TPSA) is 89.0 Å². The molecule has 2 heterocycles. The van der Waals surface area contributed by atoms with Gasteiger partial charge >= 0.3 is 14.2 Å². The number of para-hydroxylation sites is 2. The van der Waals surface area contributed by atoms with Gasteiger partial charge in [0.25, 0.3) is 0 Å². The number of hydrogen-bond acceptors (Lipinski definition) is 6. The average Bonchev–Trinajstić information content (AvgIpc) is 3.02. The molecule has 2 saturated heterocycles. The molecule has 2 aliphatic rings. The Morgan fingerprint density at radius 3 is 1.00 bits per heavy atom. The predicted molar refractivity (Wildman–Crippen MR) is 133 cm³/mol. The van der Waals surface area contributed by atoms with E-state index in [0.717, 1.165) is 10.9 Å². The lowest BCUT2D eigenvalue weighted by atomic mass is 9.78. The molecule has 0 aliphatic carbocycles. The van der Waals surface area contributed by atoms with Crippen molar-refractivity contribution in [3.63, 3.8) is 0 Å². The second-order valence-corrected chi connectivity index (χ2v) is 10.4. The fraction of sp³-hybridized carbons (Fsp3) is 0.500. The highest BCUT2D eigenvalue weighted by molar-refractivity contribution is 6.64. The molecule has 32 heavy (non-hydrogen) atoms. The number of hydrogen-bond donors (Lipinski definition) is 2. The molecule has 8 heteroatoms. The van der Waals surface area contributed by atoms with Gasteiger partial charge in [-0.1, -0.05) is 36.4 Å². The van der Waals surface area contributed by atoms with Gasteiger partial charge in [-0.05, 0) is 67.5 Å². The molecule has 2 aromatic carbocycles. The van der Waals surface area contributed by atoms with E-state index in [2.05, 4.69) is 0 Å². The molecule has 0 unspecified atom stereocenters. The van der Waals surface area contributed by atoms with E-state index in [1.807, 2.05) is 104 Å². The molecule has 2 aliphatic heterocycles. The fourth-order valence-electron chi connectivity index (χ4n) is 3.39. The number of nitrogen functional groups attached to an aromatic ring is 2. The Kier molecular flexibility index (Phi) is 6.48. The van der Waals surface area contributed by atoms with Crippen molar-refractivity contribution in [3.05, 3.63) is 48.5 Å². The van der Waals surface area contributed by atoms with Crippen molar-refractivity contribution in [2.24, 2.45) is 0 Å². The van der Waals surface area contributed by atoms with E-state index >= 15 is 0 Å². The minimum Gasteiger partial charge on any atom is -0.399 e. The highest BCUT2D eigenvalue weighted by Gasteiger charge is 2.53. The second kappa shape index (κ2) is 8.41. The van der Waals surface area contributed by atoms with Gasteiger partial charge in [-0.25, -0.2) is 0 Å². The van der Waals surface area contributed by atoms with Crippen molar-refractivity contribution < 1.29 is 18.6 Å². The lowest BCUT2D eigenvalue weighted by molar-refractivity contribution is 0.00578. The molecule has 0 atom stereocenters. The summed E-state index contributed by atoms with van der Waals surface area (Å²) in [4.78, 5) is 0. The molecule has 0 aromatic heterocycles. The highest BCUT2D eigenvalue weighted by atomic mass is 16.7. The molecule has 0 amide bonds. The quantitative estimate of drug-likeness (QED) is 0.554. The van der Waals surface area contributed by atoms with Crippen LogP contribution in [0.4, 0.5) is 11.4 Å². The van der Waals surface area contributed by atoms with E-state index in [4.69, 9.17) is 30.1 Å². The molecule has 4 N–H and O–H groups in total. The van der Waals surface area contributed by atoms with E-state index < -0.39 is 0 Å². The largest absolute Gasteiger partial charge is 0.496 e. The Balaban J connectivity index is 0.000000181. The first-order valence-electron chi connectivity index (χ1n) is 11.1. The first-order chi connectivity index (χ1) is 14.7. The molecule has 4 rings (SSSR count). The van der Waals surface area contributed by atoms with Crippen LogP contribution < -0.4 is 22.4 Å². The maximum absolute atomic E-state index is 5.93. The third-order valence-corrected chi connectivity index (χ3v) is 7.01. The Bertz CT molecular complexity index is 853. The van der Waals surface area contributed by atoms with E-state index in [9.17, 15) is 0 Å². The fourth-order valence-corrected chi connectivity index (χ4v) is 3.39. The molecule has 2 aromatic rings. The molecular formula is C24H36B2N2O4. The monoisotopic (exact) mass is 438 g/mol. The van der Waals surface area contributed by atoms with Gasteiger partial charge in [0, 0.05) is 22.3 Å². The van der Waals surface area contributed by atoms with Crippen LogP contribution in [0.5, 0.6) is 0 Å². The van der Waals surface area contributed by atoms with Gasteiger partial charge in [0.1, 0.15) is 0 Å². The third-order valence-electron chi connectivity index (χ3n) is 7.01. The summed E-state index contributed by atoms with van der Waals surface area (Å²) in [5.41, 5.74) is 13.8. The molecule has 6 nitrogen and oxygen atoms in total. The van der Waals surface area contributed by atoms with Gasteiger partial charge in [0.15, 0.2) is 0 Å². The Morgan fingerprint density at radius 1 is 0.500 bits per heavy atom. The minimum absolute atomic E-state index is 0.319. The van der Waals surface area contributed by atoms with Crippen LogP contribution in [-0.2, 0) is 18.6 Å². The molecule has 0 saturated carbocycles. The van der Waals surface area contributed by atoms with Crippen LogP contribution in [-0.4, -0.2) is 36.6 Å². The van der Waals surface area contributed by atoms with Crippen molar-refractivity contribution in [1.82, 2.24) is 0 Å². The predicted octanol–water partition coefficient (Wildman–Crippen LogP) is 3.14. The molecule has 0 bridgehead atoms. The summed E-state index contributed by atoms with van der Waals surface area (Å²) in [6.07, 6.45) is 0. The maximum Gasteiger partial charge on any atom is 0.496 e. The van der Waals surface area contributed by atoms with Crippen LogP contribution in [0.2, 0.25) is 0 Å². The average molecular weight is 438 g/mol. The van der Waals surface area contributed by atoms with Crippen LogP contribution in [0.25, 0.3) is 0 Å². The Labute approximate surface area is 193 Å². The molecule has 2 fully saturated rings. The van der Waals surface area contributed by atoms with Crippen molar-refractivity contribution in [2.45, 2.75) is 77.8 Å². The van der Waals surface area contributed by atoms with E-state index in [1.54, 1.807) is 0 Å². The summed E-state index contributed by atoms with van der Waals surface area (Å²) in [6, 6.07) is 15.3. The lowest BCUT2D eigenvalue weighted by Crippen LogP contribution is -2.41. The molecule has 0 spiro atoms. The Hall–Kier alpha value is -1.99. The van der Waals surface area contributed by atoms with Gasteiger partial charge in [-0.15, -0.1) is 0 Å². The van der Waals surface area contributed by atoms with E-state index in [0.29, 0.717) is 11.4 Å². The van der Waals surface area contributed by atoms with Crippen molar-refractivity contribution in [2.75, 3.05) is 11.5 Å². The normalized spacial score (nSPS) is 22.4. The number of benzene rings is 2. The second-order valence-electron chi connectivity index (χ2n) is 10.4. The molecule has 172 valence electrons. The van der Waals surface area contributed by atoms with E-state index in [1.165, 1.54) is 0 Å². The molecular weight excluding hydrogens is 402 g/mol.